The van der Waals surface area contributed by atoms with Gasteiger partial charge in [0.15, 0.2) is 0 Å². The van der Waals surface area contributed by atoms with E-state index in [1.807, 2.05) is 30.3 Å². The van der Waals surface area contributed by atoms with Crippen LogP contribution in [0.1, 0.15) is 6.92 Å². The zero-order chi connectivity index (χ0) is 7.11. The second-order valence-corrected chi connectivity index (χ2v) is 3.01. The van der Waals surface area contributed by atoms with Crippen molar-refractivity contribution in [1.82, 2.24) is 0 Å². The molecule has 0 bridgehead atoms. The maximum absolute atomic E-state index is 5.04. The zero-order valence-corrected chi connectivity index (χ0v) is 8.79. The summed E-state index contributed by atoms with van der Waals surface area (Å²) in [6.07, 6.45) is 0. The van der Waals surface area contributed by atoms with Crippen LogP contribution in [0.4, 0.5) is 0 Å². The van der Waals surface area contributed by atoms with Crippen LogP contribution in [0.5, 0.6) is 0 Å². The maximum atomic E-state index is 5.04. The molecule has 0 unspecified atom stereocenters. The van der Waals surface area contributed by atoms with E-state index in [1.54, 1.807) is 6.92 Å². The van der Waals surface area contributed by atoms with Gasteiger partial charge in [-0.3, -0.25) is 0 Å². The summed E-state index contributed by atoms with van der Waals surface area (Å²) >= 11 is 10.1. The molecule has 0 aliphatic carbocycles. The molecule has 56 valence electrons. The first-order valence-corrected chi connectivity index (χ1v) is 3.55. The van der Waals surface area contributed by atoms with Crippen molar-refractivity contribution in [1.29, 1.82) is 0 Å². The summed E-state index contributed by atoms with van der Waals surface area (Å²) < 4.78 is 0. The van der Waals surface area contributed by atoms with Crippen LogP contribution in [0.25, 0.3) is 0 Å². The van der Waals surface area contributed by atoms with Crippen molar-refractivity contribution >= 4 is 23.2 Å². The van der Waals surface area contributed by atoms with E-state index >= 15 is 0 Å². The summed E-state index contributed by atoms with van der Waals surface area (Å²) in [7, 11) is 0. The van der Waals surface area contributed by atoms with Gasteiger partial charge >= 0.3 is 0 Å². The first kappa shape index (κ1) is 13.2. The van der Waals surface area contributed by atoms with Gasteiger partial charge in [-0.2, -0.15) is 18.2 Å². The third-order valence-electron chi connectivity index (χ3n) is 0.556. The van der Waals surface area contributed by atoms with Crippen molar-refractivity contribution in [3.05, 3.63) is 30.3 Å². The van der Waals surface area contributed by atoms with Gasteiger partial charge < -0.3 is 0 Å². The Kier molecular flexibility index (Phi) is 12.8. The van der Waals surface area contributed by atoms with Crippen LogP contribution in [0.3, 0.4) is 0 Å². The molecule has 0 heterocycles. The van der Waals surface area contributed by atoms with Gasteiger partial charge in [-0.25, -0.2) is 12.1 Å². The van der Waals surface area contributed by atoms with Gasteiger partial charge in [-0.05, 0) is 6.92 Å². The number of alkyl halides is 2. The minimum absolute atomic E-state index is 0. The summed E-state index contributed by atoms with van der Waals surface area (Å²) in [6, 6.07) is 10.0. The fourth-order valence-electron chi connectivity index (χ4n) is 0.321. The van der Waals surface area contributed by atoms with Gasteiger partial charge in [0.05, 0.1) is 0 Å². The second kappa shape index (κ2) is 9.64. The van der Waals surface area contributed by atoms with Crippen molar-refractivity contribution in [2.75, 3.05) is 0 Å². The molecule has 0 aliphatic rings. The third-order valence-corrected chi connectivity index (χ3v) is 0.556. The monoisotopic (exact) mass is 211 g/mol. The molecule has 0 saturated carbocycles. The summed E-state index contributed by atoms with van der Waals surface area (Å²) in [5.41, 5.74) is 0. The number of halogens is 2. The molecule has 1 aromatic carbocycles. The topological polar surface area (TPSA) is 0 Å². The van der Waals surface area contributed by atoms with Gasteiger partial charge in [-0.1, -0.05) is 0 Å². The summed E-state index contributed by atoms with van der Waals surface area (Å²) in [5.74, 6) is 0. The van der Waals surface area contributed by atoms with Gasteiger partial charge in [0.25, 0.3) is 0 Å². The molecule has 1 rings (SSSR count). The first-order valence-electron chi connectivity index (χ1n) is 2.68. The average Bonchev–Trinajstić information content (AvgIpc) is 2.11. The predicted molar refractivity (Wildman–Crippen MR) is 43.2 cm³/mol. The van der Waals surface area contributed by atoms with E-state index in [4.69, 9.17) is 23.2 Å². The summed E-state index contributed by atoms with van der Waals surface area (Å²) in [4.78, 5) is -0.222. The van der Waals surface area contributed by atoms with Gasteiger partial charge in [0.1, 0.15) is 4.84 Å². The largest absolute Gasteiger partial charge is 0.214 e. The van der Waals surface area contributed by atoms with Gasteiger partial charge in [0, 0.05) is 21.7 Å². The second-order valence-electron chi connectivity index (χ2n) is 1.48. The van der Waals surface area contributed by atoms with Crippen LogP contribution in [-0.4, -0.2) is 4.84 Å². The molecule has 0 aliphatic heterocycles. The Bertz CT molecular complexity index is 95.2. The molecule has 10 heavy (non-hydrogen) atoms. The molecule has 0 nitrogen and oxygen atoms in total. The molecular weight excluding hydrogens is 203 g/mol. The molecule has 0 atom stereocenters. The van der Waals surface area contributed by atoms with Crippen molar-refractivity contribution in [3.63, 3.8) is 0 Å². The number of rotatable bonds is 0. The average molecular weight is 212 g/mol. The van der Waals surface area contributed by atoms with Crippen LogP contribution < -0.4 is 0 Å². The molecule has 0 spiro atoms. The molecule has 1 aromatic rings. The third kappa shape index (κ3) is 15.9. The van der Waals surface area contributed by atoms with Crippen molar-refractivity contribution in [2.24, 2.45) is 0 Å². The predicted octanol–water partition coefficient (Wildman–Crippen LogP) is 3.21. The SMILES string of the molecule is CC(Cl)Cl.[Ti].c1cc[cH-]c1. The normalized spacial score (nSPS) is 7.60. The smallest absolute Gasteiger partial charge is 0.105 e. The van der Waals surface area contributed by atoms with E-state index in [2.05, 4.69) is 0 Å². The summed E-state index contributed by atoms with van der Waals surface area (Å²) in [6.45, 7) is 1.70. The summed E-state index contributed by atoms with van der Waals surface area (Å²) in [5, 5.41) is 0. The van der Waals surface area contributed by atoms with Crippen LogP contribution in [0, 0.1) is 0 Å². The molecule has 3 heteroatoms. The van der Waals surface area contributed by atoms with Crippen LogP contribution in [0.2, 0.25) is 0 Å². The number of hydrogen-bond donors (Lipinski definition) is 0. The first-order chi connectivity index (χ1) is 4.23. The Balaban J connectivity index is 0. The van der Waals surface area contributed by atoms with Crippen LogP contribution in [0.15, 0.2) is 30.3 Å². The van der Waals surface area contributed by atoms with E-state index in [0.29, 0.717) is 0 Å². The fraction of sp³-hybridized carbons (Fsp3) is 0.286. The van der Waals surface area contributed by atoms with E-state index in [-0.39, 0.29) is 26.6 Å². The van der Waals surface area contributed by atoms with Crippen molar-refractivity contribution in [3.8, 4) is 0 Å². The Morgan fingerprint density at radius 2 is 1.50 bits per heavy atom. The Hall–Kier alpha value is 0.644. The minimum Gasteiger partial charge on any atom is -0.214 e. The van der Waals surface area contributed by atoms with E-state index in [1.165, 1.54) is 0 Å². The van der Waals surface area contributed by atoms with Crippen molar-refractivity contribution < 1.29 is 21.7 Å². The molecule has 0 radical (unpaired) electrons. The molecule has 0 saturated heterocycles. The Morgan fingerprint density at radius 3 is 1.60 bits per heavy atom. The van der Waals surface area contributed by atoms with Crippen LogP contribution >= 0.6 is 23.2 Å². The quantitative estimate of drug-likeness (QED) is 0.351. The van der Waals surface area contributed by atoms with E-state index < -0.39 is 0 Å². The zero-order valence-electron chi connectivity index (χ0n) is 5.72. The Labute approximate surface area is 86.8 Å². The molecular formula is C7H9Cl2Ti-. The number of hydrogen-bond acceptors (Lipinski definition) is 0. The van der Waals surface area contributed by atoms with Gasteiger partial charge in [0.2, 0.25) is 0 Å². The van der Waals surface area contributed by atoms with Crippen molar-refractivity contribution in [2.45, 2.75) is 11.8 Å². The van der Waals surface area contributed by atoms with Gasteiger partial charge in [-0.15, -0.1) is 23.2 Å². The van der Waals surface area contributed by atoms with E-state index in [9.17, 15) is 0 Å². The minimum atomic E-state index is -0.222. The van der Waals surface area contributed by atoms with Crippen LogP contribution in [-0.2, 0) is 21.7 Å². The fourth-order valence-corrected chi connectivity index (χ4v) is 0.321. The molecule has 0 fully saturated rings. The molecule has 0 N–H and O–H groups in total. The molecule has 0 amide bonds. The molecule has 0 aromatic heterocycles. The standard InChI is InChI=1S/C5H5.C2H4Cl2.Ti/c1-2-4-5-3-1;1-2(3)4;/h1-5H;2H,1H3;/q-1;;. The Morgan fingerprint density at radius 1 is 1.20 bits per heavy atom. The van der Waals surface area contributed by atoms with E-state index in [0.717, 1.165) is 0 Å². The maximum Gasteiger partial charge on any atom is 0.105 e.